The average Bonchev–Trinajstić information content (AvgIpc) is 2.61. The molecule has 0 aromatic heterocycles. The van der Waals surface area contributed by atoms with Gasteiger partial charge in [0.1, 0.15) is 23.9 Å². The van der Waals surface area contributed by atoms with E-state index in [0.29, 0.717) is 18.9 Å². The summed E-state index contributed by atoms with van der Waals surface area (Å²) < 4.78 is 16.5. The molecule has 1 amide bonds. The first-order valence-corrected chi connectivity index (χ1v) is 8.28. The van der Waals surface area contributed by atoms with Gasteiger partial charge in [0.2, 0.25) is 0 Å². The number of nitrogens with one attached hydrogen (secondary N) is 1. The fourth-order valence-electron chi connectivity index (χ4n) is 2.35. The monoisotopic (exact) mass is 343 g/mol. The van der Waals surface area contributed by atoms with Crippen LogP contribution in [0.5, 0.6) is 17.2 Å². The van der Waals surface area contributed by atoms with E-state index in [1.807, 2.05) is 50.2 Å². The molecule has 5 heteroatoms. The SMILES string of the molecule is COc1cccc(OCCNC(=O)C(C)Oc2ccc(C)cc2C)c1. The minimum absolute atomic E-state index is 0.172. The first-order valence-electron chi connectivity index (χ1n) is 8.28. The van der Waals surface area contributed by atoms with Crippen LogP contribution in [0.3, 0.4) is 0 Å². The molecule has 0 heterocycles. The molecule has 2 aromatic carbocycles. The van der Waals surface area contributed by atoms with Crippen LogP contribution in [0, 0.1) is 13.8 Å². The van der Waals surface area contributed by atoms with Crippen LogP contribution >= 0.6 is 0 Å². The van der Waals surface area contributed by atoms with E-state index < -0.39 is 6.10 Å². The lowest BCUT2D eigenvalue weighted by Gasteiger charge is -2.16. The molecule has 5 nitrogen and oxygen atoms in total. The Morgan fingerprint density at radius 2 is 1.88 bits per heavy atom. The van der Waals surface area contributed by atoms with Gasteiger partial charge in [0.15, 0.2) is 6.10 Å². The summed E-state index contributed by atoms with van der Waals surface area (Å²) in [4.78, 5) is 12.1. The molecule has 0 aliphatic carbocycles. The molecular weight excluding hydrogens is 318 g/mol. The minimum atomic E-state index is -0.571. The number of aryl methyl sites for hydroxylation is 2. The van der Waals surface area contributed by atoms with Gasteiger partial charge in [-0.3, -0.25) is 4.79 Å². The van der Waals surface area contributed by atoms with Gasteiger partial charge in [-0.2, -0.15) is 0 Å². The molecule has 0 radical (unpaired) electrons. The molecule has 1 atom stereocenters. The molecular formula is C20H25NO4. The van der Waals surface area contributed by atoms with E-state index in [4.69, 9.17) is 14.2 Å². The standard InChI is InChI=1S/C20H25NO4/c1-14-8-9-19(15(2)12-14)25-16(3)20(22)21-10-11-24-18-7-5-6-17(13-18)23-4/h5-9,12-13,16H,10-11H2,1-4H3,(H,21,22). The van der Waals surface area contributed by atoms with Gasteiger partial charge in [0.25, 0.3) is 5.91 Å². The molecule has 1 N–H and O–H groups in total. The highest BCUT2D eigenvalue weighted by atomic mass is 16.5. The minimum Gasteiger partial charge on any atom is -0.497 e. The van der Waals surface area contributed by atoms with Crippen LogP contribution < -0.4 is 19.5 Å². The Hall–Kier alpha value is -2.69. The molecule has 134 valence electrons. The zero-order valence-electron chi connectivity index (χ0n) is 15.2. The maximum atomic E-state index is 12.1. The van der Waals surface area contributed by atoms with E-state index in [0.717, 1.165) is 22.6 Å². The second kappa shape index (κ2) is 8.97. The maximum absolute atomic E-state index is 12.1. The zero-order valence-corrected chi connectivity index (χ0v) is 15.2. The number of methoxy groups -OCH3 is 1. The average molecular weight is 343 g/mol. The van der Waals surface area contributed by atoms with Crippen LogP contribution in [0.1, 0.15) is 18.1 Å². The number of benzene rings is 2. The maximum Gasteiger partial charge on any atom is 0.260 e. The first-order chi connectivity index (χ1) is 12.0. The van der Waals surface area contributed by atoms with Crippen LogP contribution in [0.4, 0.5) is 0 Å². The predicted molar refractivity (Wildman–Crippen MR) is 97.5 cm³/mol. The highest BCUT2D eigenvalue weighted by Gasteiger charge is 2.15. The van der Waals surface area contributed by atoms with Crippen molar-refractivity contribution < 1.29 is 19.0 Å². The van der Waals surface area contributed by atoms with E-state index in [2.05, 4.69) is 5.32 Å². The Kier molecular flexibility index (Phi) is 6.69. The lowest BCUT2D eigenvalue weighted by atomic mass is 10.1. The Morgan fingerprint density at radius 1 is 1.12 bits per heavy atom. The van der Waals surface area contributed by atoms with Gasteiger partial charge in [-0.15, -0.1) is 0 Å². The number of ether oxygens (including phenoxy) is 3. The van der Waals surface area contributed by atoms with E-state index in [1.54, 1.807) is 20.1 Å². The van der Waals surface area contributed by atoms with Crippen molar-refractivity contribution in [1.29, 1.82) is 0 Å². The van der Waals surface area contributed by atoms with Gasteiger partial charge in [0.05, 0.1) is 13.7 Å². The Bertz CT molecular complexity index is 715. The number of carbonyl (C=O) groups is 1. The van der Waals surface area contributed by atoms with Crippen molar-refractivity contribution in [1.82, 2.24) is 5.32 Å². The molecule has 2 rings (SSSR count). The van der Waals surface area contributed by atoms with Crippen molar-refractivity contribution in [2.45, 2.75) is 26.9 Å². The Labute approximate surface area is 148 Å². The smallest absolute Gasteiger partial charge is 0.260 e. The summed E-state index contributed by atoms with van der Waals surface area (Å²) in [6, 6.07) is 13.2. The summed E-state index contributed by atoms with van der Waals surface area (Å²) in [6.07, 6.45) is -0.571. The summed E-state index contributed by atoms with van der Waals surface area (Å²) in [5.41, 5.74) is 2.18. The van der Waals surface area contributed by atoms with Gasteiger partial charge < -0.3 is 19.5 Å². The normalized spacial score (nSPS) is 11.5. The lowest BCUT2D eigenvalue weighted by Crippen LogP contribution is -2.38. The molecule has 0 aliphatic heterocycles. The molecule has 25 heavy (non-hydrogen) atoms. The number of hydrogen-bond donors (Lipinski definition) is 1. The summed E-state index contributed by atoms with van der Waals surface area (Å²) in [6.45, 7) is 6.49. The zero-order chi connectivity index (χ0) is 18.2. The topological polar surface area (TPSA) is 56.8 Å². The van der Waals surface area contributed by atoms with Crippen LogP contribution in [-0.2, 0) is 4.79 Å². The first kappa shape index (κ1) is 18.6. The highest BCUT2D eigenvalue weighted by molar-refractivity contribution is 5.80. The molecule has 1 unspecified atom stereocenters. The Balaban J connectivity index is 1.75. The van der Waals surface area contributed by atoms with Crippen molar-refractivity contribution in [3.05, 3.63) is 53.6 Å². The molecule has 0 bridgehead atoms. The second-order valence-corrected chi connectivity index (χ2v) is 5.85. The summed E-state index contributed by atoms with van der Waals surface area (Å²) in [5.74, 6) is 1.99. The second-order valence-electron chi connectivity index (χ2n) is 5.85. The van der Waals surface area contributed by atoms with Crippen molar-refractivity contribution in [3.8, 4) is 17.2 Å². The van der Waals surface area contributed by atoms with E-state index in [9.17, 15) is 4.79 Å². The summed E-state index contributed by atoms with van der Waals surface area (Å²) in [5, 5.41) is 2.81. The van der Waals surface area contributed by atoms with Gasteiger partial charge in [-0.05, 0) is 44.5 Å². The number of carbonyl (C=O) groups excluding carboxylic acids is 1. The van der Waals surface area contributed by atoms with E-state index in [-0.39, 0.29) is 5.91 Å². The van der Waals surface area contributed by atoms with Gasteiger partial charge >= 0.3 is 0 Å². The van der Waals surface area contributed by atoms with Crippen LogP contribution in [0.2, 0.25) is 0 Å². The molecule has 0 saturated heterocycles. The van der Waals surface area contributed by atoms with Crippen molar-refractivity contribution >= 4 is 5.91 Å². The van der Waals surface area contributed by atoms with Crippen LogP contribution in [0.15, 0.2) is 42.5 Å². The van der Waals surface area contributed by atoms with Crippen LogP contribution in [0.25, 0.3) is 0 Å². The lowest BCUT2D eigenvalue weighted by molar-refractivity contribution is -0.127. The van der Waals surface area contributed by atoms with E-state index in [1.165, 1.54) is 0 Å². The van der Waals surface area contributed by atoms with Crippen molar-refractivity contribution in [3.63, 3.8) is 0 Å². The van der Waals surface area contributed by atoms with E-state index >= 15 is 0 Å². The fourth-order valence-corrected chi connectivity index (χ4v) is 2.35. The quantitative estimate of drug-likeness (QED) is 0.748. The third kappa shape index (κ3) is 5.71. The van der Waals surface area contributed by atoms with Crippen molar-refractivity contribution in [2.75, 3.05) is 20.3 Å². The molecule has 0 aliphatic rings. The fraction of sp³-hybridized carbons (Fsp3) is 0.350. The summed E-state index contributed by atoms with van der Waals surface area (Å²) >= 11 is 0. The largest absolute Gasteiger partial charge is 0.497 e. The summed E-state index contributed by atoms with van der Waals surface area (Å²) in [7, 11) is 1.61. The molecule has 2 aromatic rings. The third-order valence-electron chi connectivity index (χ3n) is 3.71. The number of amides is 1. The van der Waals surface area contributed by atoms with Gasteiger partial charge in [-0.25, -0.2) is 0 Å². The molecule has 0 saturated carbocycles. The Morgan fingerprint density at radius 3 is 2.60 bits per heavy atom. The predicted octanol–water partition coefficient (Wildman–Crippen LogP) is 3.27. The number of rotatable bonds is 8. The van der Waals surface area contributed by atoms with Crippen molar-refractivity contribution in [2.24, 2.45) is 0 Å². The third-order valence-corrected chi connectivity index (χ3v) is 3.71. The van der Waals surface area contributed by atoms with Gasteiger partial charge in [0, 0.05) is 6.07 Å². The molecule has 0 spiro atoms. The highest BCUT2D eigenvalue weighted by Crippen LogP contribution is 2.20. The van der Waals surface area contributed by atoms with Crippen LogP contribution in [-0.4, -0.2) is 32.3 Å². The molecule has 0 fully saturated rings. The number of hydrogen-bond acceptors (Lipinski definition) is 4. The van der Waals surface area contributed by atoms with Gasteiger partial charge in [-0.1, -0.05) is 23.8 Å².